The van der Waals surface area contributed by atoms with Crippen molar-refractivity contribution in [3.05, 3.63) is 35.5 Å². The molecule has 1 aromatic carbocycles. The Labute approximate surface area is 101 Å². The fourth-order valence-electron chi connectivity index (χ4n) is 2.84. The van der Waals surface area contributed by atoms with Gasteiger partial charge in [-0.15, -0.1) is 0 Å². The van der Waals surface area contributed by atoms with Crippen molar-refractivity contribution in [1.82, 2.24) is 10.3 Å². The molecule has 1 aromatic heterocycles. The summed E-state index contributed by atoms with van der Waals surface area (Å²) in [5.74, 6) is 0.256. The Morgan fingerprint density at radius 3 is 3.06 bits per heavy atom. The molecular weight excluding hydrogens is 212 g/mol. The van der Waals surface area contributed by atoms with Crippen molar-refractivity contribution >= 4 is 10.9 Å². The quantitative estimate of drug-likeness (QED) is 0.701. The summed E-state index contributed by atoms with van der Waals surface area (Å²) in [5, 5.41) is 14.6. The Kier molecular flexibility index (Phi) is 2.65. The number of para-hydroxylation sites is 1. The SMILES string of the molecule is Cc1cccc2c(C3CCNCC3O)c[nH]c12. The molecule has 0 saturated carbocycles. The maximum atomic E-state index is 10.1. The molecule has 1 aliphatic heterocycles. The van der Waals surface area contributed by atoms with Gasteiger partial charge >= 0.3 is 0 Å². The van der Waals surface area contributed by atoms with Crippen molar-refractivity contribution in [2.45, 2.75) is 25.4 Å². The summed E-state index contributed by atoms with van der Waals surface area (Å²) in [7, 11) is 0. The number of fused-ring (bicyclic) bond motifs is 1. The van der Waals surface area contributed by atoms with Crippen LogP contribution in [0.15, 0.2) is 24.4 Å². The molecule has 17 heavy (non-hydrogen) atoms. The third-order valence-corrected chi connectivity index (χ3v) is 3.81. The molecule has 1 fully saturated rings. The summed E-state index contributed by atoms with van der Waals surface area (Å²) in [6, 6.07) is 6.34. The van der Waals surface area contributed by atoms with Crippen LogP contribution in [0, 0.1) is 6.92 Å². The number of rotatable bonds is 1. The number of hydrogen-bond donors (Lipinski definition) is 3. The number of aliphatic hydroxyl groups excluding tert-OH is 1. The van der Waals surface area contributed by atoms with E-state index in [0.29, 0.717) is 6.54 Å². The third kappa shape index (κ3) is 1.75. The van der Waals surface area contributed by atoms with Crippen LogP contribution < -0.4 is 5.32 Å². The number of piperidine rings is 1. The minimum atomic E-state index is -0.275. The molecule has 0 amide bonds. The summed E-state index contributed by atoms with van der Waals surface area (Å²) in [6.45, 7) is 3.80. The molecule has 0 spiro atoms. The van der Waals surface area contributed by atoms with Crippen LogP contribution in [0.1, 0.15) is 23.5 Å². The first kappa shape index (κ1) is 10.8. The molecule has 1 aliphatic rings. The number of aliphatic hydroxyl groups is 1. The molecule has 2 atom stereocenters. The molecule has 3 nitrogen and oxygen atoms in total. The number of β-amino-alcohol motifs (C(OH)–C–C–N with tert-alkyl or cyclic N) is 1. The Bertz CT molecular complexity index is 532. The van der Waals surface area contributed by atoms with Gasteiger partial charge in [-0.25, -0.2) is 0 Å². The highest BCUT2D eigenvalue weighted by Gasteiger charge is 2.26. The lowest BCUT2D eigenvalue weighted by molar-refractivity contribution is 0.119. The second kappa shape index (κ2) is 4.17. The van der Waals surface area contributed by atoms with Crippen LogP contribution in [0.25, 0.3) is 10.9 Å². The Hall–Kier alpha value is -1.32. The molecule has 1 saturated heterocycles. The van der Waals surface area contributed by atoms with Gasteiger partial charge < -0.3 is 15.4 Å². The van der Waals surface area contributed by atoms with Crippen LogP contribution in [0.3, 0.4) is 0 Å². The number of hydrogen-bond acceptors (Lipinski definition) is 2. The van der Waals surface area contributed by atoms with Crippen LogP contribution in [0.4, 0.5) is 0 Å². The molecule has 90 valence electrons. The Balaban J connectivity index is 2.08. The average molecular weight is 230 g/mol. The van der Waals surface area contributed by atoms with Crippen LogP contribution in [0.5, 0.6) is 0 Å². The lowest BCUT2D eigenvalue weighted by atomic mass is 9.87. The predicted octanol–water partition coefficient (Wildman–Crippen LogP) is 1.91. The molecule has 3 N–H and O–H groups in total. The summed E-state index contributed by atoms with van der Waals surface area (Å²) >= 11 is 0. The van der Waals surface area contributed by atoms with Gasteiger partial charge in [-0.3, -0.25) is 0 Å². The molecule has 2 unspecified atom stereocenters. The van der Waals surface area contributed by atoms with Gasteiger partial charge in [0.2, 0.25) is 0 Å². The van der Waals surface area contributed by atoms with E-state index >= 15 is 0 Å². The number of aromatic nitrogens is 1. The maximum absolute atomic E-state index is 10.1. The van der Waals surface area contributed by atoms with Crippen molar-refractivity contribution in [2.24, 2.45) is 0 Å². The van der Waals surface area contributed by atoms with Crippen molar-refractivity contribution in [3.8, 4) is 0 Å². The van der Waals surface area contributed by atoms with Gasteiger partial charge in [0.25, 0.3) is 0 Å². The zero-order valence-corrected chi connectivity index (χ0v) is 10.0. The van der Waals surface area contributed by atoms with Gasteiger partial charge in [-0.2, -0.15) is 0 Å². The van der Waals surface area contributed by atoms with E-state index < -0.39 is 0 Å². The first-order valence-corrected chi connectivity index (χ1v) is 6.23. The van der Waals surface area contributed by atoms with Gasteiger partial charge in [0.1, 0.15) is 0 Å². The van der Waals surface area contributed by atoms with Crippen LogP contribution in [-0.4, -0.2) is 29.3 Å². The van der Waals surface area contributed by atoms with E-state index in [0.717, 1.165) is 13.0 Å². The van der Waals surface area contributed by atoms with Crippen LogP contribution in [-0.2, 0) is 0 Å². The normalized spacial score (nSPS) is 25.3. The maximum Gasteiger partial charge on any atom is 0.0734 e. The second-order valence-corrected chi connectivity index (χ2v) is 4.91. The van der Waals surface area contributed by atoms with Crippen molar-refractivity contribution in [1.29, 1.82) is 0 Å². The van der Waals surface area contributed by atoms with Crippen molar-refractivity contribution in [3.63, 3.8) is 0 Å². The average Bonchev–Trinajstić information content (AvgIpc) is 2.75. The highest BCUT2D eigenvalue weighted by Crippen LogP contribution is 2.32. The molecular formula is C14H18N2O. The highest BCUT2D eigenvalue weighted by atomic mass is 16.3. The van der Waals surface area contributed by atoms with Crippen LogP contribution >= 0.6 is 0 Å². The lowest BCUT2D eigenvalue weighted by Gasteiger charge is -2.28. The molecule has 2 aromatic rings. The van der Waals surface area contributed by atoms with Crippen molar-refractivity contribution < 1.29 is 5.11 Å². The summed E-state index contributed by atoms with van der Waals surface area (Å²) in [4.78, 5) is 3.34. The predicted molar refractivity (Wildman–Crippen MR) is 69.3 cm³/mol. The monoisotopic (exact) mass is 230 g/mol. The van der Waals surface area contributed by atoms with Crippen molar-refractivity contribution in [2.75, 3.05) is 13.1 Å². The highest BCUT2D eigenvalue weighted by molar-refractivity contribution is 5.86. The van der Waals surface area contributed by atoms with E-state index in [-0.39, 0.29) is 12.0 Å². The van der Waals surface area contributed by atoms with Gasteiger partial charge in [-0.05, 0) is 31.0 Å². The number of benzene rings is 1. The lowest BCUT2D eigenvalue weighted by Crippen LogP contribution is -2.39. The first-order valence-electron chi connectivity index (χ1n) is 6.23. The van der Waals surface area contributed by atoms with E-state index in [1.54, 1.807) is 0 Å². The van der Waals surface area contributed by atoms with Gasteiger partial charge in [0.15, 0.2) is 0 Å². The summed E-state index contributed by atoms with van der Waals surface area (Å²) < 4.78 is 0. The second-order valence-electron chi connectivity index (χ2n) is 4.91. The zero-order chi connectivity index (χ0) is 11.8. The van der Waals surface area contributed by atoms with E-state index in [1.165, 1.54) is 22.0 Å². The molecule has 0 aliphatic carbocycles. The molecule has 3 heteroatoms. The largest absolute Gasteiger partial charge is 0.391 e. The first-order chi connectivity index (χ1) is 8.27. The van der Waals surface area contributed by atoms with Gasteiger partial charge in [-0.1, -0.05) is 18.2 Å². The molecule has 3 rings (SSSR count). The standard InChI is InChI=1S/C14H18N2O/c1-9-3-2-4-11-12(7-16-14(9)11)10-5-6-15-8-13(10)17/h2-4,7,10,13,15-17H,5-6,8H2,1H3. The molecule has 0 radical (unpaired) electrons. The topological polar surface area (TPSA) is 48.0 Å². The number of aromatic amines is 1. The minimum Gasteiger partial charge on any atom is -0.391 e. The minimum absolute atomic E-state index is 0.256. The van der Waals surface area contributed by atoms with E-state index in [9.17, 15) is 5.11 Å². The van der Waals surface area contributed by atoms with Gasteiger partial charge in [0.05, 0.1) is 6.10 Å². The summed E-state index contributed by atoms with van der Waals surface area (Å²) in [6.07, 6.45) is 2.79. The summed E-state index contributed by atoms with van der Waals surface area (Å²) in [5.41, 5.74) is 3.73. The zero-order valence-electron chi connectivity index (χ0n) is 10.0. The molecule has 0 bridgehead atoms. The number of aryl methyl sites for hydroxylation is 1. The Morgan fingerprint density at radius 2 is 2.24 bits per heavy atom. The number of H-pyrrole nitrogens is 1. The van der Waals surface area contributed by atoms with Gasteiger partial charge in [0, 0.05) is 29.6 Å². The van der Waals surface area contributed by atoms with Crippen LogP contribution in [0.2, 0.25) is 0 Å². The van der Waals surface area contributed by atoms with E-state index in [1.807, 2.05) is 0 Å². The molecule has 2 heterocycles. The number of nitrogens with one attached hydrogen (secondary N) is 2. The smallest absolute Gasteiger partial charge is 0.0734 e. The third-order valence-electron chi connectivity index (χ3n) is 3.81. The Morgan fingerprint density at radius 1 is 1.35 bits per heavy atom. The van der Waals surface area contributed by atoms with E-state index in [4.69, 9.17) is 0 Å². The van der Waals surface area contributed by atoms with E-state index in [2.05, 4.69) is 41.6 Å². The fraction of sp³-hybridized carbons (Fsp3) is 0.429. The fourth-order valence-corrected chi connectivity index (χ4v) is 2.84.